The van der Waals surface area contributed by atoms with Crippen LogP contribution in [0.2, 0.25) is 0 Å². The van der Waals surface area contributed by atoms with Crippen molar-refractivity contribution in [2.45, 2.75) is 18.9 Å². The van der Waals surface area contributed by atoms with Gasteiger partial charge in [0.25, 0.3) is 0 Å². The number of morpholine rings is 1. The summed E-state index contributed by atoms with van der Waals surface area (Å²) in [6, 6.07) is 0. The average Bonchev–Trinajstić information content (AvgIpc) is 2.39. The molecule has 2 unspecified atom stereocenters. The van der Waals surface area contributed by atoms with Gasteiger partial charge in [-0.2, -0.15) is 4.31 Å². The Morgan fingerprint density at radius 1 is 1.44 bits per heavy atom. The molecule has 0 radical (unpaired) electrons. The van der Waals surface area contributed by atoms with Crippen molar-refractivity contribution in [2.75, 3.05) is 45.1 Å². The molecule has 0 aromatic rings. The third-order valence-electron chi connectivity index (χ3n) is 3.54. The van der Waals surface area contributed by atoms with Gasteiger partial charge in [-0.25, -0.2) is 8.42 Å². The van der Waals surface area contributed by atoms with Crippen LogP contribution in [0.5, 0.6) is 0 Å². The van der Waals surface area contributed by atoms with E-state index < -0.39 is 10.0 Å². The highest BCUT2D eigenvalue weighted by Crippen LogP contribution is 2.17. The van der Waals surface area contributed by atoms with E-state index in [4.69, 9.17) is 9.84 Å². The maximum Gasteiger partial charge on any atom is 0.214 e. The minimum Gasteiger partial charge on any atom is -0.394 e. The van der Waals surface area contributed by atoms with Crippen LogP contribution in [0.1, 0.15) is 12.8 Å². The molecule has 0 aliphatic carbocycles. The fourth-order valence-corrected chi connectivity index (χ4v) is 4.36. The zero-order valence-electron chi connectivity index (χ0n) is 10.5. The van der Waals surface area contributed by atoms with E-state index in [1.165, 1.54) is 4.31 Å². The summed E-state index contributed by atoms with van der Waals surface area (Å²) < 4.78 is 31.3. The summed E-state index contributed by atoms with van der Waals surface area (Å²) in [6.45, 7) is 2.69. The number of piperidine rings is 1. The number of nitrogens with zero attached hydrogens (tertiary/aromatic N) is 1. The van der Waals surface area contributed by atoms with Gasteiger partial charge >= 0.3 is 0 Å². The van der Waals surface area contributed by atoms with Gasteiger partial charge in [0.1, 0.15) is 0 Å². The van der Waals surface area contributed by atoms with Crippen molar-refractivity contribution >= 4 is 10.0 Å². The number of aliphatic hydroxyl groups is 1. The number of ether oxygens (including phenoxy) is 1. The Morgan fingerprint density at radius 2 is 2.28 bits per heavy atom. The van der Waals surface area contributed by atoms with Crippen molar-refractivity contribution in [3.8, 4) is 0 Å². The van der Waals surface area contributed by atoms with Crippen molar-refractivity contribution in [3.63, 3.8) is 0 Å². The summed E-state index contributed by atoms with van der Waals surface area (Å²) >= 11 is 0. The van der Waals surface area contributed by atoms with Crippen molar-refractivity contribution in [1.82, 2.24) is 9.62 Å². The van der Waals surface area contributed by atoms with Gasteiger partial charge in [0.2, 0.25) is 10.0 Å². The second-order valence-corrected chi connectivity index (χ2v) is 7.04. The van der Waals surface area contributed by atoms with Gasteiger partial charge in [-0.05, 0) is 31.8 Å². The molecular formula is C11H22N2O4S. The summed E-state index contributed by atoms with van der Waals surface area (Å²) in [6.07, 6.45) is 1.64. The van der Waals surface area contributed by atoms with Crippen LogP contribution >= 0.6 is 0 Å². The lowest BCUT2D eigenvalue weighted by Gasteiger charge is -2.33. The first kappa shape index (κ1) is 14.2. The second kappa shape index (κ2) is 6.29. The molecular weight excluding hydrogens is 256 g/mol. The first-order valence-corrected chi connectivity index (χ1v) is 8.14. The molecule has 2 fully saturated rings. The van der Waals surface area contributed by atoms with E-state index in [-0.39, 0.29) is 30.9 Å². The molecule has 2 heterocycles. The quantitative estimate of drug-likeness (QED) is 0.690. The predicted molar refractivity (Wildman–Crippen MR) is 67.8 cm³/mol. The van der Waals surface area contributed by atoms with Gasteiger partial charge in [-0.15, -0.1) is 0 Å². The van der Waals surface area contributed by atoms with Crippen LogP contribution in [0.4, 0.5) is 0 Å². The summed E-state index contributed by atoms with van der Waals surface area (Å²) in [4.78, 5) is 0. The Balaban J connectivity index is 1.92. The van der Waals surface area contributed by atoms with E-state index in [2.05, 4.69) is 5.32 Å². The Morgan fingerprint density at radius 3 is 2.94 bits per heavy atom. The standard InChI is InChI=1S/C11H22N2O4S/c14-8-11-7-13(4-5-17-11)18(15,16)9-10-2-1-3-12-6-10/h10-12,14H,1-9H2. The maximum atomic E-state index is 12.3. The van der Waals surface area contributed by atoms with Gasteiger partial charge in [-0.3, -0.25) is 0 Å². The second-order valence-electron chi connectivity index (χ2n) is 5.02. The third-order valence-corrected chi connectivity index (χ3v) is 5.55. The van der Waals surface area contributed by atoms with E-state index in [1.54, 1.807) is 0 Å². The Kier molecular flexibility index (Phi) is 4.97. The summed E-state index contributed by atoms with van der Waals surface area (Å²) in [7, 11) is -3.22. The first-order chi connectivity index (χ1) is 8.62. The minimum absolute atomic E-state index is 0.128. The Labute approximate surface area is 108 Å². The van der Waals surface area contributed by atoms with Crippen LogP contribution in [0.15, 0.2) is 0 Å². The average molecular weight is 278 g/mol. The molecule has 2 aliphatic rings. The molecule has 2 N–H and O–H groups in total. The van der Waals surface area contributed by atoms with Crippen LogP contribution in [0.3, 0.4) is 0 Å². The van der Waals surface area contributed by atoms with Crippen molar-refractivity contribution in [3.05, 3.63) is 0 Å². The van der Waals surface area contributed by atoms with Gasteiger partial charge in [0.05, 0.1) is 25.1 Å². The third kappa shape index (κ3) is 3.64. The molecule has 2 saturated heterocycles. The van der Waals surface area contributed by atoms with Gasteiger partial charge in [0, 0.05) is 13.1 Å². The molecule has 7 heteroatoms. The van der Waals surface area contributed by atoms with E-state index in [0.717, 1.165) is 25.9 Å². The molecule has 18 heavy (non-hydrogen) atoms. The van der Waals surface area contributed by atoms with Crippen LogP contribution in [-0.4, -0.2) is 69.1 Å². The molecule has 0 amide bonds. The van der Waals surface area contributed by atoms with Crippen molar-refractivity contribution in [2.24, 2.45) is 5.92 Å². The van der Waals surface area contributed by atoms with Crippen LogP contribution in [-0.2, 0) is 14.8 Å². The molecule has 0 bridgehead atoms. The normalized spacial score (nSPS) is 31.4. The Hall–Kier alpha value is -0.210. The number of hydrogen-bond acceptors (Lipinski definition) is 5. The van der Waals surface area contributed by atoms with Crippen molar-refractivity contribution in [1.29, 1.82) is 0 Å². The molecule has 6 nitrogen and oxygen atoms in total. The lowest BCUT2D eigenvalue weighted by Crippen LogP contribution is -2.49. The van der Waals surface area contributed by atoms with Gasteiger partial charge in [-0.1, -0.05) is 0 Å². The van der Waals surface area contributed by atoms with Crippen molar-refractivity contribution < 1.29 is 18.3 Å². The van der Waals surface area contributed by atoms with E-state index in [9.17, 15) is 8.42 Å². The summed E-state index contributed by atoms with van der Waals surface area (Å²) in [5.41, 5.74) is 0. The number of sulfonamides is 1. The number of hydrogen-bond donors (Lipinski definition) is 2. The highest BCUT2D eigenvalue weighted by atomic mass is 32.2. The SMILES string of the molecule is O=S(=O)(CC1CCCNC1)N1CCOC(CO)C1. The molecule has 0 spiro atoms. The van der Waals surface area contributed by atoms with E-state index in [1.807, 2.05) is 0 Å². The Bertz CT molecular complexity index is 354. The highest BCUT2D eigenvalue weighted by molar-refractivity contribution is 7.89. The lowest BCUT2D eigenvalue weighted by atomic mass is 10.0. The first-order valence-electron chi connectivity index (χ1n) is 6.53. The maximum absolute atomic E-state index is 12.3. The molecule has 106 valence electrons. The number of aliphatic hydroxyl groups excluding tert-OH is 1. The monoisotopic (exact) mass is 278 g/mol. The van der Waals surface area contributed by atoms with Gasteiger partial charge in [0.15, 0.2) is 0 Å². The minimum atomic E-state index is -3.22. The molecule has 2 rings (SSSR count). The van der Waals surface area contributed by atoms with Crippen LogP contribution in [0.25, 0.3) is 0 Å². The largest absolute Gasteiger partial charge is 0.394 e. The van der Waals surface area contributed by atoms with E-state index in [0.29, 0.717) is 13.2 Å². The van der Waals surface area contributed by atoms with Crippen LogP contribution in [0, 0.1) is 5.92 Å². The topological polar surface area (TPSA) is 78.9 Å². The summed E-state index contributed by atoms with van der Waals surface area (Å²) in [5.74, 6) is 0.414. The fourth-order valence-electron chi connectivity index (χ4n) is 2.52. The molecule has 0 aromatic carbocycles. The molecule has 0 aromatic heterocycles. The number of nitrogens with one attached hydrogen (secondary N) is 1. The predicted octanol–water partition coefficient (Wildman–Crippen LogP) is -0.991. The zero-order chi connectivity index (χ0) is 13.0. The number of rotatable bonds is 4. The molecule has 0 saturated carbocycles. The summed E-state index contributed by atoms with van der Waals surface area (Å²) in [5, 5.41) is 12.3. The lowest BCUT2D eigenvalue weighted by molar-refractivity contribution is -0.0305. The molecule has 2 atom stereocenters. The van der Waals surface area contributed by atoms with Gasteiger partial charge < -0.3 is 15.2 Å². The highest BCUT2D eigenvalue weighted by Gasteiger charge is 2.31. The van der Waals surface area contributed by atoms with E-state index >= 15 is 0 Å². The molecule has 2 aliphatic heterocycles. The fraction of sp³-hybridized carbons (Fsp3) is 1.00. The van der Waals surface area contributed by atoms with Crippen LogP contribution < -0.4 is 5.32 Å². The zero-order valence-corrected chi connectivity index (χ0v) is 11.4. The smallest absolute Gasteiger partial charge is 0.214 e.